The first-order valence-corrected chi connectivity index (χ1v) is 8.74. The Kier molecular flexibility index (Phi) is 6.60. The van der Waals surface area contributed by atoms with Crippen LogP contribution in [0.25, 0.3) is 0 Å². The summed E-state index contributed by atoms with van der Waals surface area (Å²) in [4.78, 5) is 10.3. The highest BCUT2D eigenvalue weighted by molar-refractivity contribution is 9.11. The number of rotatable bonds is 1. The van der Waals surface area contributed by atoms with Crippen LogP contribution in [0.3, 0.4) is 0 Å². The van der Waals surface area contributed by atoms with Crippen LogP contribution in [0, 0.1) is 0 Å². The Labute approximate surface area is 149 Å². The Morgan fingerprint density at radius 3 is 2.10 bits per heavy atom. The molecule has 7 heteroatoms. The van der Waals surface area contributed by atoms with Gasteiger partial charge in [-0.25, -0.2) is 9.97 Å². The van der Waals surface area contributed by atoms with Crippen molar-refractivity contribution in [2.45, 2.75) is 12.5 Å². The third-order valence-electron chi connectivity index (χ3n) is 2.89. The predicted octanol–water partition coefficient (Wildman–Crippen LogP) is 4.02. The summed E-state index contributed by atoms with van der Waals surface area (Å²) in [5.41, 5.74) is 0. The lowest BCUT2D eigenvalue weighted by Crippen LogP contribution is -2.21. The molecule has 3 heterocycles. The Morgan fingerprint density at radius 2 is 1.67 bits per heavy atom. The van der Waals surface area contributed by atoms with Gasteiger partial charge in [-0.2, -0.15) is 0 Å². The lowest BCUT2D eigenvalue weighted by atomic mass is 10.3. The summed E-state index contributed by atoms with van der Waals surface area (Å²) in [6, 6.07) is 7.73. The summed E-state index contributed by atoms with van der Waals surface area (Å²) in [5, 5.41) is 9.34. The molecule has 1 atom stereocenters. The lowest BCUT2D eigenvalue weighted by molar-refractivity contribution is 0.198. The monoisotopic (exact) mass is 477 g/mol. The van der Waals surface area contributed by atoms with Crippen LogP contribution in [-0.2, 0) is 0 Å². The number of aliphatic hydroxyl groups is 1. The van der Waals surface area contributed by atoms with Gasteiger partial charge in [0.1, 0.15) is 10.4 Å². The van der Waals surface area contributed by atoms with Crippen LogP contribution in [0.1, 0.15) is 6.42 Å². The van der Waals surface area contributed by atoms with Gasteiger partial charge in [0.2, 0.25) is 0 Å². The van der Waals surface area contributed by atoms with Crippen molar-refractivity contribution < 1.29 is 5.11 Å². The van der Waals surface area contributed by atoms with E-state index >= 15 is 0 Å². The lowest BCUT2D eigenvalue weighted by Gasteiger charge is -2.15. The number of β-amino-alcohol motifs (C(OH)–C–C–N with tert-alkyl or cyclic N) is 1. The molecule has 0 unspecified atom stereocenters. The average molecular weight is 480 g/mol. The van der Waals surface area contributed by atoms with Gasteiger partial charge in [0.05, 0.1) is 6.10 Å². The van der Waals surface area contributed by atoms with Gasteiger partial charge in [-0.15, -0.1) is 0 Å². The van der Waals surface area contributed by atoms with Crippen molar-refractivity contribution in [3.63, 3.8) is 0 Å². The van der Waals surface area contributed by atoms with Gasteiger partial charge in [0.25, 0.3) is 0 Å². The molecule has 0 radical (unpaired) electrons. The maximum absolute atomic E-state index is 9.34. The highest BCUT2D eigenvalue weighted by Gasteiger charge is 2.20. The molecular weight excluding hydrogens is 466 g/mol. The van der Waals surface area contributed by atoms with Crippen molar-refractivity contribution in [2.75, 3.05) is 18.0 Å². The third-order valence-corrected chi connectivity index (χ3v) is 4.30. The molecule has 1 fully saturated rings. The van der Waals surface area contributed by atoms with Crippen molar-refractivity contribution in [1.82, 2.24) is 9.97 Å². The molecule has 0 saturated carbocycles. The normalized spacial score (nSPS) is 17.3. The number of aliphatic hydroxyl groups excluding tert-OH is 1. The first-order chi connectivity index (χ1) is 10.0. The molecule has 1 saturated heterocycles. The first kappa shape index (κ1) is 16.9. The average Bonchev–Trinajstić information content (AvgIpc) is 2.90. The van der Waals surface area contributed by atoms with Crippen LogP contribution >= 0.6 is 47.8 Å². The van der Waals surface area contributed by atoms with E-state index in [1.165, 1.54) is 0 Å². The fourth-order valence-corrected chi connectivity index (χ4v) is 2.57. The first-order valence-electron chi connectivity index (χ1n) is 6.36. The zero-order valence-corrected chi connectivity index (χ0v) is 15.8. The molecule has 0 aliphatic carbocycles. The summed E-state index contributed by atoms with van der Waals surface area (Å²) in [7, 11) is 0. The Hall–Kier alpha value is -0.500. The Balaban J connectivity index is 0.000000173. The molecule has 0 aromatic carbocycles. The van der Waals surface area contributed by atoms with E-state index in [0.717, 1.165) is 32.3 Å². The van der Waals surface area contributed by atoms with E-state index in [1.54, 1.807) is 12.4 Å². The number of anilines is 1. The number of nitrogens with zero attached hydrogens (tertiary/aromatic N) is 3. The van der Waals surface area contributed by atoms with Crippen LogP contribution < -0.4 is 4.90 Å². The molecule has 0 bridgehead atoms. The molecule has 0 amide bonds. The zero-order chi connectivity index (χ0) is 15.2. The number of aromatic nitrogens is 2. The summed E-state index contributed by atoms with van der Waals surface area (Å²) >= 11 is 9.81. The molecule has 0 spiro atoms. The van der Waals surface area contributed by atoms with Gasteiger partial charge in [-0.05, 0) is 78.5 Å². The standard InChI is InChI=1S/C9H11BrN2O.C5H3Br2N/c10-7-1-2-9(11-5-7)12-4-3-8(13)6-12;6-4-1-2-5(7)8-3-4/h1-2,5,8,13H,3-4,6H2;1-3H/t8-;/m1./s1. The van der Waals surface area contributed by atoms with Crippen molar-refractivity contribution in [2.24, 2.45) is 0 Å². The summed E-state index contributed by atoms with van der Waals surface area (Å²) < 4.78 is 2.84. The smallest absolute Gasteiger partial charge is 0.128 e. The zero-order valence-electron chi connectivity index (χ0n) is 11.1. The van der Waals surface area contributed by atoms with Crippen LogP contribution in [0.4, 0.5) is 5.82 Å². The van der Waals surface area contributed by atoms with E-state index in [4.69, 9.17) is 0 Å². The molecule has 21 heavy (non-hydrogen) atoms. The van der Waals surface area contributed by atoms with Crippen LogP contribution in [0.2, 0.25) is 0 Å². The minimum Gasteiger partial charge on any atom is -0.391 e. The molecule has 1 aliphatic rings. The van der Waals surface area contributed by atoms with Crippen LogP contribution in [0.5, 0.6) is 0 Å². The topological polar surface area (TPSA) is 49.3 Å². The van der Waals surface area contributed by atoms with Gasteiger partial charge in [-0.1, -0.05) is 0 Å². The fraction of sp³-hybridized carbons (Fsp3) is 0.286. The second kappa shape index (κ2) is 8.22. The largest absolute Gasteiger partial charge is 0.391 e. The molecular formula is C14H14Br3N3O. The molecule has 2 aromatic rings. The van der Waals surface area contributed by atoms with Crippen molar-refractivity contribution >= 4 is 53.6 Å². The SMILES string of the molecule is Brc1ccc(Br)nc1.O[C@@H]1CCN(c2ccc(Br)cn2)C1. The van der Waals surface area contributed by atoms with Crippen LogP contribution in [-0.4, -0.2) is 34.3 Å². The van der Waals surface area contributed by atoms with Gasteiger partial charge in [0, 0.05) is 34.4 Å². The highest BCUT2D eigenvalue weighted by atomic mass is 79.9. The van der Waals surface area contributed by atoms with E-state index in [1.807, 2.05) is 24.3 Å². The van der Waals surface area contributed by atoms with E-state index in [-0.39, 0.29) is 6.10 Å². The Morgan fingerprint density at radius 1 is 1.00 bits per heavy atom. The molecule has 3 rings (SSSR count). The summed E-state index contributed by atoms with van der Waals surface area (Å²) in [6.45, 7) is 1.60. The second-order valence-electron chi connectivity index (χ2n) is 4.52. The van der Waals surface area contributed by atoms with Crippen LogP contribution in [0.15, 0.2) is 50.2 Å². The number of pyridine rings is 2. The maximum Gasteiger partial charge on any atom is 0.128 e. The maximum atomic E-state index is 9.34. The van der Waals surface area contributed by atoms with Gasteiger partial charge in [-0.3, -0.25) is 0 Å². The Bertz CT molecular complexity index is 542. The van der Waals surface area contributed by atoms with E-state index in [0.29, 0.717) is 6.54 Å². The number of halogens is 3. The summed E-state index contributed by atoms with van der Waals surface area (Å²) in [5.74, 6) is 0.944. The predicted molar refractivity (Wildman–Crippen MR) is 94.4 cm³/mol. The molecule has 112 valence electrons. The number of hydrogen-bond acceptors (Lipinski definition) is 4. The highest BCUT2D eigenvalue weighted by Crippen LogP contribution is 2.19. The minimum absolute atomic E-state index is 0.189. The molecule has 1 aliphatic heterocycles. The second-order valence-corrected chi connectivity index (χ2v) is 7.17. The summed E-state index contributed by atoms with van der Waals surface area (Å²) in [6.07, 6.45) is 4.17. The van der Waals surface area contributed by atoms with Crippen molar-refractivity contribution in [3.05, 3.63) is 50.2 Å². The van der Waals surface area contributed by atoms with Gasteiger partial charge in [0.15, 0.2) is 0 Å². The van der Waals surface area contributed by atoms with Crippen molar-refractivity contribution in [1.29, 1.82) is 0 Å². The van der Waals surface area contributed by atoms with E-state index in [2.05, 4.69) is 62.7 Å². The number of hydrogen-bond donors (Lipinski definition) is 1. The molecule has 2 aromatic heterocycles. The third kappa shape index (κ3) is 5.65. The van der Waals surface area contributed by atoms with E-state index in [9.17, 15) is 5.11 Å². The fourth-order valence-electron chi connectivity index (χ4n) is 1.86. The van der Waals surface area contributed by atoms with E-state index < -0.39 is 0 Å². The molecule has 1 N–H and O–H groups in total. The minimum atomic E-state index is -0.189. The molecule has 4 nitrogen and oxygen atoms in total. The quantitative estimate of drug-likeness (QED) is 0.628. The van der Waals surface area contributed by atoms with Gasteiger partial charge >= 0.3 is 0 Å². The van der Waals surface area contributed by atoms with Crippen molar-refractivity contribution in [3.8, 4) is 0 Å². The van der Waals surface area contributed by atoms with Gasteiger partial charge < -0.3 is 10.0 Å².